The Balaban J connectivity index is 0.000000249. The van der Waals surface area contributed by atoms with Crippen LogP contribution in [0.25, 0.3) is 0 Å². The minimum Gasteiger partial charge on any atom is -0.465 e. The molecule has 0 saturated heterocycles. The average Bonchev–Trinajstić information content (AvgIpc) is 3.01. The Labute approximate surface area is 136 Å². The molecule has 0 aliphatic heterocycles. The third-order valence-corrected chi connectivity index (χ3v) is 3.61. The van der Waals surface area contributed by atoms with Gasteiger partial charge in [0.2, 0.25) is 0 Å². The van der Waals surface area contributed by atoms with Crippen LogP contribution in [0.2, 0.25) is 0 Å². The van der Waals surface area contributed by atoms with Gasteiger partial charge in [0.1, 0.15) is 0 Å². The van der Waals surface area contributed by atoms with E-state index in [1.165, 1.54) is 11.1 Å². The zero-order chi connectivity index (χ0) is 16.7. The molecule has 0 N–H and O–H groups in total. The molecule has 0 aromatic rings. The molecule has 5 heteroatoms. The molecule has 0 saturated carbocycles. The molecule has 0 spiro atoms. The molecule has 2 aliphatic rings. The number of halogens is 1. The van der Waals surface area contributed by atoms with Crippen LogP contribution >= 0.6 is 11.6 Å². The summed E-state index contributed by atoms with van der Waals surface area (Å²) in [5.41, 5.74) is 2.63. The van der Waals surface area contributed by atoms with E-state index in [1.807, 2.05) is 6.08 Å². The standard InChI is InChI=1S/C10H18O4.C7H5Cl/c1-5-13-9(11)8(7(3)4)10(12)14-6-2;8-7-4-5-1-2-6(7)3-5/h7-8H,5-6H2,1-4H3;1-2,4H,3H2. The van der Waals surface area contributed by atoms with Crippen LogP contribution < -0.4 is 0 Å². The van der Waals surface area contributed by atoms with Crippen LogP contribution in [0.1, 0.15) is 34.1 Å². The number of rotatable bonds is 5. The van der Waals surface area contributed by atoms with E-state index in [2.05, 4.69) is 12.2 Å². The van der Waals surface area contributed by atoms with Crippen molar-refractivity contribution in [1.82, 2.24) is 0 Å². The first kappa shape index (κ1) is 18.5. The highest BCUT2D eigenvalue weighted by Crippen LogP contribution is 2.34. The van der Waals surface area contributed by atoms with E-state index in [9.17, 15) is 9.59 Å². The summed E-state index contributed by atoms with van der Waals surface area (Å²) in [5, 5.41) is 0.933. The molecule has 0 amide bonds. The Kier molecular flexibility index (Phi) is 7.39. The molecule has 2 rings (SSSR count). The van der Waals surface area contributed by atoms with Crippen molar-refractivity contribution in [3.05, 3.63) is 34.4 Å². The van der Waals surface area contributed by atoms with Gasteiger partial charge in [-0.1, -0.05) is 37.6 Å². The van der Waals surface area contributed by atoms with Crippen molar-refractivity contribution in [2.75, 3.05) is 13.2 Å². The number of carbonyl (C=O) groups excluding carboxylic acids is 2. The van der Waals surface area contributed by atoms with Crippen molar-refractivity contribution in [3.8, 4) is 0 Å². The Morgan fingerprint density at radius 2 is 1.68 bits per heavy atom. The van der Waals surface area contributed by atoms with Gasteiger partial charge in [-0.05, 0) is 43.4 Å². The van der Waals surface area contributed by atoms with Crippen LogP contribution in [-0.2, 0) is 19.1 Å². The lowest BCUT2D eigenvalue weighted by Crippen LogP contribution is -2.32. The quantitative estimate of drug-likeness (QED) is 0.570. The normalized spacial score (nSPS) is 15.0. The van der Waals surface area contributed by atoms with Crippen LogP contribution in [0.5, 0.6) is 0 Å². The number of fused-ring (bicyclic) bond motifs is 2. The fraction of sp³-hybridized carbons (Fsp3) is 0.529. The summed E-state index contributed by atoms with van der Waals surface area (Å²) in [5.74, 6) is -1.90. The van der Waals surface area contributed by atoms with E-state index in [-0.39, 0.29) is 19.1 Å². The first-order valence-corrected chi connectivity index (χ1v) is 7.89. The molecule has 0 atom stereocenters. The molecule has 0 radical (unpaired) electrons. The Hall–Kier alpha value is -1.55. The molecule has 0 fully saturated rings. The maximum absolute atomic E-state index is 11.4. The Morgan fingerprint density at radius 1 is 1.14 bits per heavy atom. The smallest absolute Gasteiger partial charge is 0.320 e. The molecule has 4 nitrogen and oxygen atoms in total. The van der Waals surface area contributed by atoms with Gasteiger partial charge >= 0.3 is 11.9 Å². The van der Waals surface area contributed by atoms with Crippen LogP contribution in [0.15, 0.2) is 34.4 Å². The van der Waals surface area contributed by atoms with E-state index in [0.717, 1.165) is 11.5 Å². The van der Waals surface area contributed by atoms with Gasteiger partial charge in [0.15, 0.2) is 5.92 Å². The van der Waals surface area contributed by atoms with Crippen molar-refractivity contribution in [3.63, 3.8) is 0 Å². The van der Waals surface area contributed by atoms with Gasteiger partial charge in [0, 0.05) is 5.03 Å². The highest BCUT2D eigenvalue weighted by molar-refractivity contribution is 6.32. The third kappa shape index (κ3) is 5.02. The van der Waals surface area contributed by atoms with Gasteiger partial charge in [-0.15, -0.1) is 0 Å². The predicted octanol–water partition coefficient (Wildman–Crippen LogP) is 3.76. The number of hydrogen-bond acceptors (Lipinski definition) is 4. The van der Waals surface area contributed by atoms with Gasteiger partial charge < -0.3 is 9.47 Å². The molecule has 2 bridgehead atoms. The van der Waals surface area contributed by atoms with E-state index < -0.39 is 17.9 Å². The summed E-state index contributed by atoms with van der Waals surface area (Å²) in [7, 11) is 0. The third-order valence-electron chi connectivity index (χ3n) is 3.26. The van der Waals surface area contributed by atoms with E-state index in [0.29, 0.717) is 0 Å². The Bertz CT molecular complexity index is 497. The molecular formula is C17H23ClO4. The molecule has 2 aliphatic carbocycles. The van der Waals surface area contributed by atoms with Gasteiger partial charge in [-0.2, -0.15) is 0 Å². The summed E-state index contributed by atoms with van der Waals surface area (Å²) in [6.07, 6.45) is 7.29. The van der Waals surface area contributed by atoms with Crippen LogP contribution in [-0.4, -0.2) is 25.2 Å². The highest BCUT2D eigenvalue weighted by atomic mass is 35.5. The van der Waals surface area contributed by atoms with E-state index in [4.69, 9.17) is 21.1 Å². The summed E-state index contributed by atoms with van der Waals surface area (Å²) >= 11 is 5.76. The molecule has 0 aromatic heterocycles. The van der Waals surface area contributed by atoms with Crippen LogP contribution in [0.3, 0.4) is 0 Å². The van der Waals surface area contributed by atoms with Crippen molar-refractivity contribution in [2.45, 2.75) is 34.1 Å². The molecular weight excluding hydrogens is 304 g/mol. The number of carbonyl (C=O) groups is 2. The van der Waals surface area contributed by atoms with Crippen LogP contribution in [0.4, 0.5) is 0 Å². The topological polar surface area (TPSA) is 52.6 Å². The fourth-order valence-electron chi connectivity index (χ4n) is 2.17. The maximum Gasteiger partial charge on any atom is 0.320 e. The first-order chi connectivity index (χ1) is 10.4. The van der Waals surface area contributed by atoms with Gasteiger partial charge in [-0.25, -0.2) is 0 Å². The second kappa shape index (κ2) is 8.79. The zero-order valence-corrected chi connectivity index (χ0v) is 14.3. The summed E-state index contributed by atoms with van der Waals surface area (Å²) in [6.45, 7) is 7.56. The second-order valence-corrected chi connectivity index (χ2v) is 5.74. The Morgan fingerprint density at radius 3 is 1.91 bits per heavy atom. The summed E-state index contributed by atoms with van der Waals surface area (Å²) in [6, 6.07) is 0. The summed E-state index contributed by atoms with van der Waals surface area (Å²) < 4.78 is 9.59. The molecule has 122 valence electrons. The number of hydrogen-bond donors (Lipinski definition) is 0. The van der Waals surface area contributed by atoms with Crippen molar-refractivity contribution in [1.29, 1.82) is 0 Å². The lowest BCUT2D eigenvalue weighted by atomic mass is 9.96. The first-order valence-electron chi connectivity index (χ1n) is 7.51. The SMILES string of the molecule is CCOC(=O)C(C(=O)OCC)C(C)C.ClC1=C2C=CC(=C1)C2. The molecule has 0 heterocycles. The monoisotopic (exact) mass is 326 g/mol. The minimum atomic E-state index is -0.796. The predicted molar refractivity (Wildman–Crippen MR) is 86.3 cm³/mol. The highest BCUT2D eigenvalue weighted by Gasteiger charge is 2.32. The molecule has 0 unspecified atom stereocenters. The summed E-state index contributed by atoms with van der Waals surface area (Å²) in [4.78, 5) is 22.8. The minimum absolute atomic E-state index is 0.104. The van der Waals surface area contributed by atoms with Crippen molar-refractivity contribution < 1.29 is 19.1 Å². The van der Waals surface area contributed by atoms with E-state index >= 15 is 0 Å². The van der Waals surface area contributed by atoms with Gasteiger partial charge in [-0.3, -0.25) is 9.59 Å². The zero-order valence-electron chi connectivity index (χ0n) is 13.5. The lowest BCUT2D eigenvalue weighted by Gasteiger charge is -2.16. The average molecular weight is 327 g/mol. The fourth-order valence-corrected chi connectivity index (χ4v) is 2.44. The number of ether oxygens (including phenoxy) is 2. The van der Waals surface area contributed by atoms with Gasteiger partial charge in [0.25, 0.3) is 0 Å². The molecule has 22 heavy (non-hydrogen) atoms. The van der Waals surface area contributed by atoms with Crippen molar-refractivity contribution >= 4 is 23.5 Å². The maximum atomic E-state index is 11.4. The van der Waals surface area contributed by atoms with E-state index in [1.54, 1.807) is 27.7 Å². The number of allylic oxidation sites excluding steroid dienone is 6. The molecule has 0 aromatic carbocycles. The van der Waals surface area contributed by atoms with Crippen molar-refractivity contribution in [2.24, 2.45) is 11.8 Å². The van der Waals surface area contributed by atoms with Gasteiger partial charge in [0.05, 0.1) is 13.2 Å². The van der Waals surface area contributed by atoms with Crippen LogP contribution in [0, 0.1) is 11.8 Å². The lowest BCUT2D eigenvalue weighted by molar-refractivity contribution is -0.163. The second-order valence-electron chi connectivity index (χ2n) is 5.33. The largest absolute Gasteiger partial charge is 0.465 e. The number of esters is 2.